The second-order valence-electron chi connectivity index (χ2n) is 7.67. The number of carbonyl (C=O) groups is 1. The monoisotopic (exact) mass is 450 g/mol. The van der Waals surface area contributed by atoms with Crippen LogP contribution in [0.25, 0.3) is 16.9 Å². The molecule has 2 aromatic heterocycles. The summed E-state index contributed by atoms with van der Waals surface area (Å²) in [5.74, 6) is 2.58. The molecule has 0 radical (unpaired) electrons. The van der Waals surface area contributed by atoms with Crippen LogP contribution in [0, 0.1) is 0 Å². The molecular weight excluding hydrogens is 428 g/mol. The van der Waals surface area contributed by atoms with Gasteiger partial charge in [0.25, 0.3) is 0 Å². The molecule has 34 heavy (non-hydrogen) atoms. The van der Waals surface area contributed by atoms with Crippen molar-refractivity contribution in [1.29, 1.82) is 0 Å². The van der Waals surface area contributed by atoms with Crippen molar-refractivity contribution in [3.63, 3.8) is 0 Å². The first-order valence-corrected chi connectivity index (χ1v) is 10.8. The Morgan fingerprint density at radius 2 is 1.74 bits per heavy atom. The highest BCUT2D eigenvalue weighted by molar-refractivity contribution is 5.79. The van der Waals surface area contributed by atoms with Gasteiger partial charge in [0.2, 0.25) is 12.4 Å². The number of hydrogen-bond donors (Lipinski definition) is 2. The van der Waals surface area contributed by atoms with Gasteiger partial charge in [-0.15, -0.1) is 0 Å². The van der Waals surface area contributed by atoms with E-state index < -0.39 is 0 Å². The molecule has 0 aliphatic carbocycles. The lowest BCUT2D eigenvalue weighted by Gasteiger charge is -2.14. The molecule has 0 fully saturated rings. The van der Waals surface area contributed by atoms with Crippen molar-refractivity contribution in [3.05, 3.63) is 97.0 Å². The van der Waals surface area contributed by atoms with Gasteiger partial charge in [0, 0.05) is 18.0 Å². The number of carbonyl (C=O) groups excluding carboxylic acids is 1. The molecular formula is C26H22N6O2. The van der Waals surface area contributed by atoms with E-state index in [1.807, 2.05) is 47.0 Å². The number of fused-ring (bicyclic) bond motifs is 1. The molecule has 5 aromatic rings. The van der Waals surface area contributed by atoms with E-state index in [0.29, 0.717) is 35.4 Å². The Bertz CT molecular complexity index is 1420. The molecule has 2 N–H and O–H groups in total. The van der Waals surface area contributed by atoms with E-state index in [-0.39, 0.29) is 6.04 Å². The maximum Gasteiger partial charge on any atom is 0.225 e. The van der Waals surface area contributed by atoms with Gasteiger partial charge in [-0.3, -0.25) is 9.36 Å². The summed E-state index contributed by atoms with van der Waals surface area (Å²) < 4.78 is 7.85. The van der Waals surface area contributed by atoms with Crippen LogP contribution in [0.2, 0.25) is 0 Å². The Morgan fingerprint density at radius 3 is 2.53 bits per heavy atom. The topological polar surface area (TPSA) is 94.0 Å². The maximum absolute atomic E-state index is 10.5. The van der Waals surface area contributed by atoms with Crippen LogP contribution in [0.4, 0.5) is 11.6 Å². The fraction of sp³-hybridized carbons (Fsp3) is 0.0769. The number of ether oxygens (including phenoxy) is 1. The molecule has 2 heterocycles. The van der Waals surface area contributed by atoms with Crippen LogP contribution in [-0.4, -0.2) is 25.9 Å². The smallest absolute Gasteiger partial charge is 0.225 e. The predicted molar refractivity (Wildman–Crippen MR) is 131 cm³/mol. The average molecular weight is 451 g/mol. The van der Waals surface area contributed by atoms with Crippen LogP contribution in [0.1, 0.15) is 18.5 Å². The molecule has 0 unspecified atom stereocenters. The fourth-order valence-corrected chi connectivity index (χ4v) is 3.63. The highest BCUT2D eigenvalue weighted by Gasteiger charge is 2.11. The Kier molecular flexibility index (Phi) is 5.85. The second-order valence-corrected chi connectivity index (χ2v) is 7.67. The number of imidazole rings is 1. The van der Waals surface area contributed by atoms with E-state index in [1.165, 1.54) is 0 Å². The lowest BCUT2D eigenvalue weighted by atomic mass is 10.1. The highest BCUT2D eigenvalue weighted by atomic mass is 16.5. The van der Waals surface area contributed by atoms with Gasteiger partial charge in [-0.05, 0) is 55.0 Å². The van der Waals surface area contributed by atoms with Crippen LogP contribution < -0.4 is 15.4 Å². The van der Waals surface area contributed by atoms with Gasteiger partial charge in [-0.2, -0.15) is 4.98 Å². The van der Waals surface area contributed by atoms with Gasteiger partial charge in [-0.25, -0.2) is 9.97 Å². The van der Waals surface area contributed by atoms with E-state index in [1.54, 1.807) is 36.8 Å². The molecule has 0 spiro atoms. The van der Waals surface area contributed by atoms with E-state index in [0.717, 1.165) is 16.6 Å². The van der Waals surface area contributed by atoms with Crippen molar-refractivity contribution in [1.82, 2.24) is 19.5 Å². The minimum absolute atomic E-state index is 0.0685. The molecule has 0 bridgehead atoms. The lowest BCUT2D eigenvalue weighted by Crippen LogP contribution is -2.10. The van der Waals surface area contributed by atoms with Crippen molar-refractivity contribution in [3.8, 4) is 17.3 Å². The minimum Gasteiger partial charge on any atom is -0.457 e. The Labute approximate surface area is 196 Å². The number of amides is 1. The molecule has 0 saturated heterocycles. The summed E-state index contributed by atoms with van der Waals surface area (Å²) in [4.78, 5) is 24.1. The average Bonchev–Trinajstić information content (AvgIpc) is 3.29. The lowest BCUT2D eigenvalue weighted by molar-refractivity contribution is -0.105. The van der Waals surface area contributed by atoms with Crippen molar-refractivity contribution in [2.45, 2.75) is 13.0 Å². The van der Waals surface area contributed by atoms with E-state index in [9.17, 15) is 4.79 Å². The first kappa shape index (κ1) is 21.1. The number of rotatable bonds is 8. The molecule has 3 aromatic carbocycles. The molecule has 0 saturated carbocycles. The molecule has 8 nitrogen and oxygen atoms in total. The Balaban J connectivity index is 1.35. The normalized spacial score (nSPS) is 11.7. The van der Waals surface area contributed by atoms with Crippen LogP contribution in [-0.2, 0) is 4.79 Å². The predicted octanol–water partition coefficient (Wildman–Crippen LogP) is 5.35. The number of nitrogens with zero attached hydrogens (tertiary/aromatic N) is 4. The number of aromatic nitrogens is 4. The van der Waals surface area contributed by atoms with Gasteiger partial charge in [0.15, 0.2) is 0 Å². The molecule has 1 amide bonds. The van der Waals surface area contributed by atoms with Crippen LogP contribution in [0.5, 0.6) is 11.5 Å². The summed E-state index contributed by atoms with van der Waals surface area (Å²) in [6.45, 7) is 2.08. The van der Waals surface area contributed by atoms with Gasteiger partial charge in [0.1, 0.15) is 23.6 Å². The van der Waals surface area contributed by atoms with Crippen molar-refractivity contribution in [2.75, 3.05) is 10.6 Å². The third-order valence-electron chi connectivity index (χ3n) is 5.37. The number of hydrogen-bond acceptors (Lipinski definition) is 6. The second kappa shape index (κ2) is 9.41. The van der Waals surface area contributed by atoms with Gasteiger partial charge < -0.3 is 15.4 Å². The van der Waals surface area contributed by atoms with Crippen LogP contribution >= 0.6 is 0 Å². The molecule has 1 atom stereocenters. The fourth-order valence-electron chi connectivity index (χ4n) is 3.63. The van der Waals surface area contributed by atoms with Gasteiger partial charge >= 0.3 is 0 Å². The van der Waals surface area contributed by atoms with E-state index in [4.69, 9.17) is 4.74 Å². The van der Waals surface area contributed by atoms with Crippen molar-refractivity contribution < 1.29 is 9.53 Å². The third-order valence-corrected chi connectivity index (χ3v) is 5.37. The van der Waals surface area contributed by atoms with E-state index >= 15 is 0 Å². The Hall–Kier alpha value is -4.72. The largest absolute Gasteiger partial charge is 0.457 e. The summed E-state index contributed by atoms with van der Waals surface area (Å²) in [6.07, 6.45) is 4.11. The molecule has 5 rings (SSSR count). The maximum atomic E-state index is 10.5. The molecule has 0 aliphatic heterocycles. The number of anilines is 2. The first-order valence-electron chi connectivity index (χ1n) is 10.8. The number of benzene rings is 3. The number of nitrogens with one attached hydrogen (secondary N) is 2. The van der Waals surface area contributed by atoms with Gasteiger partial charge in [0.05, 0.1) is 17.1 Å². The summed E-state index contributed by atoms with van der Waals surface area (Å²) in [6, 6.07) is 24.9. The molecule has 0 aliphatic rings. The molecule has 168 valence electrons. The zero-order valence-electron chi connectivity index (χ0n) is 18.4. The summed E-state index contributed by atoms with van der Waals surface area (Å²) in [5, 5.41) is 5.96. The SMILES string of the molecule is C[C@H](Nc1nccc(-n2cnc3cc(Oc4ccc(NC=O)cc4)ccc32)n1)c1ccccc1. The standard InChI is InChI=1S/C26H22N6O2/c1-18(19-5-3-2-4-6-19)30-26-27-14-13-25(31-26)32-16-28-23-15-22(11-12-24(23)32)34-21-9-7-20(8-10-21)29-17-33/h2-18H,1H3,(H,29,33)(H,27,30,31)/t18-/m0/s1. The summed E-state index contributed by atoms with van der Waals surface area (Å²) in [5.41, 5.74) is 3.54. The Morgan fingerprint density at radius 1 is 0.941 bits per heavy atom. The molecule has 8 heteroatoms. The zero-order valence-corrected chi connectivity index (χ0v) is 18.4. The van der Waals surface area contributed by atoms with Crippen molar-refractivity contribution >= 4 is 29.1 Å². The van der Waals surface area contributed by atoms with Gasteiger partial charge in [-0.1, -0.05) is 30.3 Å². The minimum atomic E-state index is 0.0685. The zero-order chi connectivity index (χ0) is 23.3. The first-order chi connectivity index (χ1) is 16.7. The summed E-state index contributed by atoms with van der Waals surface area (Å²) in [7, 11) is 0. The van der Waals surface area contributed by atoms with Crippen LogP contribution in [0.3, 0.4) is 0 Å². The third kappa shape index (κ3) is 4.56. The quantitative estimate of drug-likeness (QED) is 0.310. The van der Waals surface area contributed by atoms with Crippen molar-refractivity contribution in [2.24, 2.45) is 0 Å². The summed E-state index contributed by atoms with van der Waals surface area (Å²) >= 11 is 0. The van der Waals surface area contributed by atoms with E-state index in [2.05, 4.69) is 44.6 Å². The van der Waals surface area contributed by atoms with Crippen LogP contribution in [0.15, 0.2) is 91.4 Å². The highest BCUT2D eigenvalue weighted by Crippen LogP contribution is 2.27.